The Bertz CT molecular complexity index is 604. The molecule has 1 heterocycles. The minimum absolute atomic E-state index is 0.120. The van der Waals surface area contributed by atoms with Gasteiger partial charge in [0.25, 0.3) is 5.91 Å². The monoisotopic (exact) mass is 386 g/mol. The quantitative estimate of drug-likeness (QED) is 0.735. The smallest absolute Gasteiger partial charge is 0.253 e. The summed E-state index contributed by atoms with van der Waals surface area (Å²) in [4.78, 5) is 21.8. The van der Waals surface area contributed by atoms with Gasteiger partial charge >= 0.3 is 0 Å². The van der Waals surface area contributed by atoms with Crippen LogP contribution in [-0.4, -0.2) is 18.5 Å². The predicted molar refractivity (Wildman–Crippen MR) is 88.1 cm³/mol. The Hall–Kier alpha value is -1.50. The first-order valence-electron chi connectivity index (χ1n) is 6.74. The van der Waals surface area contributed by atoms with E-state index in [1.165, 1.54) is 12.5 Å². The van der Waals surface area contributed by atoms with Gasteiger partial charge in [-0.25, -0.2) is 0 Å². The van der Waals surface area contributed by atoms with Crippen molar-refractivity contribution in [3.05, 3.63) is 57.4 Å². The lowest BCUT2D eigenvalue weighted by atomic mass is 10.0. The molecule has 1 aromatic rings. The van der Waals surface area contributed by atoms with Crippen LogP contribution in [0.1, 0.15) is 23.2 Å². The van der Waals surface area contributed by atoms with Gasteiger partial charge in [-0.15, -0.1) is 0 Å². The highest BCUT2D eigenvalue weighted by Gasteiger charge is 2.17. The molecule has 1 aliphatic heterocycles. The number of hydrogen-bond acceptors (Lipinski definition) is 4. The minimum atomic E-state index is -0.234. The van der Waals surface area contributed by atoms with Crippen LogP contribution in [0.25, 0.3) is 0 Å². The summed E-state index contributed by atoms with van der Waals surface area (Å²) in [7, 11) is 0. The normalized spacial score (nSPS) is 14.6. The van der Waals surface area contributed by atoms with Crippen LogP contribution in [-0.2, 0) is 9.78 Å². The molecule has 3 N–H and O–H groups in total. The van der Waals surface area contributed by atoms with E-state index < -0.39 is 0 Å². The molecular weight excluding hydrogens is 372 g/mol. The van der Waals surface area contributed by atoms with Gasteiger partial charge in [-0.05, 0) is 49.2 Å². The van der Waals surface area contributed by atoms with Gasteiger partial charge in [-0.2, -0.15) is 0 Å². The highest BCUT2D eigenvalue weighted by molar-refractivity contribution is 9.10. The predicted octanol–water partition coefficient (Wildman–Crippen LogP) is 3.30. The number of carbonyl (C=O) groups excluding carboxylic acids is 1. The SMILES string of the molecule is NCC[C@H](CC1=COOC=C1)NC(=O)c1cc(Br)ccc1Cl. The van der Waals surface area contributed by atoms with Crippen LogP contribution >= 0.6 is 27.5 Å². The van der Waals surface area contributed by atoms with Gasteiger partial charge in [0, 0.05) is 10.5 Å². The third-order valence-electron chi connectivity index (χ3n) is 3.10. The van der Waals surface area contributed by atoms with Gasteiger partial charge in [0.2, 0.25) is 0 Å². The number of rotatable bonds is 6. The van der Waals surface area contributed by atoms with Crippen molar-refractivity contribution in [1.82, 2.24) is 5.32 Å². The average molecular weight is 388 g/mol. The molecule has 0 spiro atoms. The maximum atomic E-state index is 12.4. The van der Waals surface area contributed by atoms with Gasteiger partial charge in [-0.1, -0.05) is 27.5 Å². The largest absolute Gasteiger partial charge is 0.349 e. The van der Waals surface area contributed by atoms with Crippen LogP contribution in [0.15, 0.2) is 46.8 Å². The summed E-state index contributed by atoms with van der Waals surface area (Å²) in [5.41, 5.74) is 6.95. The standard InChI is InChI=1S/C15H16BrClN2O3/c16-11-1-2-14(17)13(8-11)15(20)19-12(3-5-18)7-10-4-6-21-22-9-10/h1-2,4,6,8-9,12H,3,5,7,18H2,(H,19,20)/t12-/m1/s1. The number of carbonyl (C=O) groups is 1. The van der Waals surface area contributed by atoms with Crippen molar-refractivity contribution in [2.75, 3.05) is 6.54 Å². The second kappa shape index (κ2) is 8.22. The molecule has 0 unspecified atom stereocenters. The molecule has 1 amide bonds. The molecule has 7 heteroatoms. The fourth-order valence-electron chi connectivity index (χ4n) is 2.04. The first kappa shape index (κ1) is 16.9. The van der Waals surface area contributed by atoms with Gasteiger partial charge in [0.15, 0.2) is 0 Å². The molecule has 1 atom stereocenters. The van der Waals surface area contributed by atoms with Gasteiger partial charge < -0.3 is 11.1 Å². The van der Waals surface area contributed by atoms with Crippen molar-refractivity contribution < 1.29 is 14.6 Å². The Labute approximate surface area is 142 Å². The number of benzene rings is 1. The number of nitrogens with two attached hydrogens (primary N) is 1. The molecule has 0 saturated heterocycles. The van der Waals surface area contributed by atoms with E-state index in [1.54, 1.807) is 24.3 Å². The summed E-state index contributed by atoms with van der Waals surface area (Å²) in [5.74, 6) is -0.234. The maximum Gasteiger partial charge on any atom is 0.253 e. The fraction of sp³-hybridized carbons (Fsp3) is 0.267. The van der Waals surface area contributed by atoms with E-state index in [-0.39, 0.29) is 11.9 Å². The summed E-state index contributed by atoms with van der Waals surface area (Å²) < 4.78 is 0.792. The van der Waals surface area contributed by atoms with Crippen LogP contribution in [0.2, 0.25) is 5.02 Å². The zero-order valence-corrected chi connectivity index (χ0v) is 14.1. The summed E-state index contributed by atoms with van der Waals surface area (Å²) >= 11 is 9.41. The van der Waals surface area contributed by atoms with E-state index in [2.05, 4.69) is 26.1 Å². The molecule has 0 saturated carbocycles. The molecule has 5 nitrogen and oxygen atoms in total. The molecule has 1 aliphatic rings. The van der Waals surface area contributed by atoms with Gasteiger partial charge in [-0.3, -0.25) is 14.6 Å². The number of hydrogen-bond donors (Lipinski definition) is 2. The number of nitrogens with one attached hydrogen (secondary N) is 1. The molecule has 0 radical (unpaired) electrons. The lowest BCUT2D eigenvalue weighted by Gasteiger charge is -2.19. The lowest BCUT2D eigenvalue weighted by Crippen LogP contribution is -2.36. The van der Waals surface area contributed by atoms with Crippen molar-refractivity contribution in [3.63, 3.8) is 0 Å². The second-order valence-electron chi connectivity index (χ2n) is 4.76. The van der Waals surface area contributed by atoms with Crippen LogP contribution in [0, 0.1) is 0 Å². The van der Waals surface area contributed by atoms with Crippen LogP contribution < -0.4 is 11.1 Å². The summed E-state index contributed by atoms with van der Waals surface area (Å²) in [5, 5.41) is 3.36. The number of allylic oxidation sites excluding steroid dienone is 1. The Kier molecular flexibility index (Phi) is 6.30. The summed E-state index contributed by atoms with van der Waals surface area (Å²) in [6, 6.07) is 5.03. The second-order valence-corrected chi connectivity index (χ2v) is 6.09. The maximum absolute atomic E-state index is 12.4. The molecular formula is C15H16BrClN2O3. The van der Waals surface area contributed by atoms with E-state index in [4.69, 9.17) is 22.2 Å². The molecule has 1 aromatic carbocycles. The van der Waals surface area contributed by atoms with E-state index in [1.807, 2.05) is 0 Å². The highest BCUT2D eigenvalue weighted by Crippen LogP contribution is 2.21. The number of halogens is 2. The third kappa shape index (κ3) is 4.76. The van der Waals surface area contributed by atoms with Gasteiger partial charge in [0.05, 0.1) is 10.6 Å². The van der Waals surface area contributed by atoms with Crippen LogP contribution in [0.4, 0.5) is 0 Å². The Morgan fingerprint density at radius 1 is 1.41 bits per heavy atom. The topological polar surface area (TPSA) is 73.6 Å². The first-order valence-corrected chi connectivity index (χ1v) is 7.91. The van der Waals surface area contributed by atoms with Crippen molar-refractivity contribution in [2.24, 2.45) is 5.73 Å². The summed E-state index contributed by atoms with van der Waals surface area (Å²) in [6.45, 7) is 0.464. The fourth-order valence-corrected chi connectivity index (χ4v) is 2.60. The van der Waals surface area contributed by atoms with Crippen molar-refractivity contribution in [1.29, 1.82) is 0 Å². The zero-order chi connectivity index (χ0) is 15.9. The zero-order valence-electron chi connectivity index (χ0n) is 11.7. The van der Waals surface area contributed by atoms with E-state index >= 15 is 0 Å². The highest BCUT2D eigenvalue weighted by atomic mass is 79.9. The number of amides is 1. The van der Waals surface area contributed by atoms with E-state index in [0.717, 1.165) is 10.0 Å². The van der Waals surface area contributed by atoms with Crippen molar-refractivity contribution in [2.45, 2.75) is 18.9 Å². The summed E-state index contributed by atoms with van der Waals surface area (Å²) in [6.07, 6.45) is 5.96. The molecule has 2 rings (SSSR count). The molecule has 0 aliphatic carbocycles. The average Bonchev–Trinajstić information content (AvgIpc) is 2.51. The Morgan fingerprint density at radius 2 is 2.23 bits per heavy atom. The lowest BCUT2D eigenvalue weighted by molar-refractivity contribution is -0.199. The van der Waals surface area contributed by atoms with Crippen LogP contribution in [0.3, 0.4) is 0 Å². The molecule has 0 bridgehead atoms. The van der Waals surface area contributed by atoms with E-state index in [0.29, 0.717) is 30.0 Å². The molecule has 118 valence electrons. The third-order valence-corrected chi connectivity index (χ3v) is 3.92. The Morgan fingerprint density at radius 3 is 2.91 bits per heavy atom. The van der Waals surface area contributed by atoms with Crippen molar-refractivity contribution in [3.8, 4) is 0 Å². The molecule has 0 fully saturated rings. The Balaban J connectivity index is 2.06. The first-order chi connectivity index (χ1) is 10.6. The molecule has 0 aromatic heterocycles. The van der Waals surface area contributed by atoms with Gasteiger partial charge in [0.1, 0.15) is 12.5 Å². The molecule has 22 heavy (non-hydrogen) atoms. The van der Waals surface area contributed by atoms with Crippen LogP contribution in [0.5, 0.6) is 0 Å². The van der Waals surface area contributed by atoms with Crippen molar-refractivity contribution >= 4 is 33.4 Å². The van der Waals surface area contributed by atoms with E-state index in [9.17, 15) is 4.79 Å². The minimum Gasteiger partial charge on any atom is -0.349 e.